The molecule has 2 heterocycles. The Morgan fingerprint density at radius 1 is 1.10 bits per heavy atom. The Hall–Kier alpha value is -3.82. The van der Waals surface area contributed by atoms with Crippen molar-refractivity contribution in [1.82, 2.24) is 9.88 Å². The maximum absolute atomic E-state index is 13.8. The van der Waals surface area contributed by atoms with Gasteiger partial charge in [0.05, 0.1) is 5.56 Å². The van der Waals surface area contributed by atoms with Crippen LogP contribution in [0.1, 0.15) is 48.6 Å². The Kier molecular flexibility index (Phi) is 7.51. The summed E-state index contributed by atoms with van der Waals surface area (Å²) in [6.45, 7) is 3.35. The van der Waals surface area contributed by atoms with Crippen LogP contribution in [-0.2, 0) is 21.9 Å². The second kappa shape index (κ2) is 10.3. The number of nitrogens with zero attached hydrogens (tertiary/aromatic N) is 5. The topological polar surface area (TPSA) is 80.5 Å². The number of anilines is 2. The number of aryl methyl sites for hydroxylation is 1. The van der Waals surface area contributed by atoms with Crippen molar-refractivity contribution in [3.63, 3.8) is 0 Å². The SMILES string of the molecule is Cc1cccc(N(C)C(=O)[C@@H](C)N(C)C(=O)[C@@H]2[C@H]3CC[C@H](C3)N2c2nc(C(F)(F)F)cc(C(F)(F)F)c2C#N)c1. The number of alkyl halides is 6. The first-order valence-corrected chi connectivity index (χ1v) is 12.5. The highest BCUT2D eigenvalue weighted by Crippen LogP contribution is 2.48. The maximum Gasteiger partial charge on any atom is 0.433 e. The molecule has 2 aliphatic rings. The average Bonchev–Trinajstić information content (AvgIpc) is 3.51. The lowest BCUT2D eigenvalue weighted by Crippen LogP contribution is -2.56. The molecule has 2 amide bonds. The van der Waals surface area contributed by atoms with Crippen LogP contribution in [0.3, 0.4) is 0 Å². The zero-order chi connectivity index (χ0) is 29.7. The van der Waals surface area contributed by atoms with E-state index in [1.807, 2.05) is 13.0 Å². The maximum atomic E-state index is 13.8. The summed E-state index contributed by atoms with van der Waals surface area (Å²) in [6.07, 6.45) is -9.23. The number of benzene rings is 1. The highest BCUT2D eigenvalue weighted by atomic mass is 19.4. The fourth-order valence-electron chi connectivity index (χ4n) is 5.62. The largest absolute Gasteiger partial charge is 0.433 e. The van der Waals surface area contributed by atoms with E-state index >= 15 is 0 Å². The van der Waals surface area contributed by atoms with Crippen molar-refractivity contribution in [2.24, 2.45) is 5.92 Å². The van der Waals surface area contributed by atoms with Gasteiger partial charge in [-0.1, -0.05) is 12.1 Å². The minimum atomic E-state index is -5.26. The second-order valence-electron chi connectivity index (χ2n) is 10.3. The number of likely N-dealkylation sites (N-methyl/N-ethyl adjacent to an activating group) is 2. The molecule has 7 nitrogen and oxygen atoms in total. The molecule has 1 saturated heterocycles. The summed E-state index contributed by atoms with van der Waals surface area (Å²) in [4.78, 5) is 34.2. The number of halogens is 6. The molecule has 2 aromatic rings. The van der Waals surface area contributed by atoms with Crippen LogP contribution in [0.5, 0.6) is 0 Å². The molecule has 0 N–H and O–H groups in total. The molecule has 0 radical (unpaired) electrons. The van der Waals surface area contributed by atoms with E-state index in [9.17, 15) is 41.2 Å². The Bertz CT molecular complexity index is 1370. The average molecular weight is 568 g/mol. The number of hydrogen-bond acceptors (Lipinski definition) is 5. The lowest BCUT2D eigenvalue weighted by molar-refractivity contribution is -0.145. The first kappa shape index (κ1) is 29.2. The number of fused-ring (bicyclic) bond motifs is 2. The smallest absolute Gasteiger partial charge is 0.340 e. The molecule has 4 atom stereocenters. The van der Waals surface area contributed by atoms with Crippen LogP contribution in [0.2, 0.25) is 0 Å². The number of rotatable bonds is 5. The molecular formula is C27H27F6N5O2. The number of aromatic nitrogens is 1. The molecule has 40 heavy (non-hydrogen) atoms. The molecule has 1 aromatic carbocycles. The molecule has 0 spiro atoms. The molecule has 0 unspecified atom stereocenters. The summed E-state index contributed by atoms with van der Waals surface area (Å²) >= 11 is 0. The monoisotopic (exact) mass is 567 g/mol. The quantitative estimate of drug-likeness (QED) is 0.466. The fourth-order valence-corrected chi connectivity index (χ4v) is 5.62. The third-order valence-electron chi connectivity index (χ3n) is 7.80. The van der Waals surface area contributed by atoms with E-state index in [0.29, 0.717) is 24.9 Å². The number of hydrogen-bond donors (Lipinski definition) is 0. The van der Waals surface area contributed by atoms with Crippen molar-refractivity contribution in [1.29, 1.82) is 5.26 Å². The molecule has 1 aliphatic carbocycles. The van der Waals surface area contributed by atoms with Crippen molar-refractivity contribution in [2.45, 2.75) is 63.6 Å². The first-order chi connectivity index (χ1) is 18.6. The second-order valence-corrected chi connectivity index (χ2v) is 10.3. The van der Waals surface area contributed by atoms with Gasteiger partial charge in [-0.25, -0.2) is 4.98 Å². The molecule has 214 valence electrons. The molecule has 4 rings (SSSR count). The van der Waals surface area contributed by atoms with Gasteiger partial charge in [0.15, 0.2) is 0 Å². The molecule has 1 aliphatic heterocycles. The highest BCUT2D eigenvalue weighted by molar-refractivity contribution is 5.99. The van der Waals surface area contributed by atoms with Gasteiger partial charge < -0.3 is 14.7 Å². The van der Waals surface area contributed by atoms with E-state index in [4.69, 9.17) is 0 Å². The van der Waals surface area contributed by atoms with Gasteiger partial charge in [-0.2, -0.15) is 31.6 Å². The zero-order valence-electron chi connectivity index (χ0n) is 22.1. The van der Waals surface area contributed by atoms with Crippen LogP contribution >= 0.6 is 0 Å². The van der Waals surface area contributed by atoms with Gasteiger partial charge in [0.1, 0.15) is 35.2 Å². The number of nitriles is 1. The van der Waals surface area contributed by atoms with Crippen LogP contribution in [0, 0.1) is 24.2 Å². The number of carbonyl (C=O) groups is 2. The first-order valence-electron chi connectivity index (χ1n) is 12.5. The molecule has 1 saturated carbocycles. The minimum Gasteiger partial charge on any atom is -0.340 e. The van der Waals surface area contributed by atoms with E-state index in [0.717, 1.165) is 15.4 Å². The lowest BCUT2D eigenvalue weighted by Gasteiger charge is -2.39. The summed E-state index contributed by atoms with van der Waals surface area (Å²) in [7, 11) is 2.91. The Balaban J connectivity index is 1.72. The van der Waals surface area contributed by atoms with Crippen LogP contribution < -0.4 is 9.80 Å². The van der Waals surface area contributed by atoms with Crippen molar-refractivity contribution < 1.29 is 35.9 Å². The predicted octanol–water partition coefficient (Wildman–Crippen LogP) is 5.17. The number of carbonyl (C=O) groups excluding carboxylic acids is 2. The third-order valence-corrected chi connectivity index (χ3v) is 7.80. The Morgan fingerprint density at radius 2 is 1.77 bits per heavy atom. The van der Waals surface area contributed by atoms with Gasteiger partial charge in [0.25, 0.3) is 0 Å². The summed E-state index contributed by atoms with van der Waals surface area (Å²) in [5, 5.41) is 9.63. The van der Waals surface area contributed by atoms with E-state index < -0.39 is 70.8 Å². The van der Waals surface area contributed by atoms with Crippen LogP contribution in [0.15, 0.2) is 30.3 Å². The van der Waals surface area contributed by atoms with Crippen LogP contribution in [-0.4, -0.2) is 53.9 Å². The van der Waals surface area contributed by atoms with E-state index in [-0.39, 0.29) is 6.07 Å². The standard InChI is InChI=1S/C27H27F6N5O2/c1-14-6-5-7-17(10-14)37(4)24(39)15(2)36(3)25(40)22-16-8-9-18(11-16)38(22)23-19(13-34)20(26(28,29)30)12-21(35-23)27(31,32)33/h5-7,10,12,15-16,18,22H,8-9,11H2,1-4H3/t15-,16+,18-,22+/m1/s1. The molecule has 2 fully saturated rings. The summed E-state index contributed by atoms with van der Waals surface area (Å²) in [6, 6.07) is 5.54. The van der Waals surface area contributed by atoms with Crippen LogP contribution in [0.4, 0.5) is 37.8 Å². The Morgan fingerprint density at radius 3 is 2.35 bits per heavy atom. The minimum absolute atomic E-state index is 0.179. The van der Waals surface area contributed by atoms with Gasteiger partial charge >= 0.3 is 12.4 Å². The lowest BCUT2D eigenvalue weighted by atomic mass is 9.96. The summed E-state index contributed by atoms with van der Waals surface area (Å²) in [5.41, 5.74) is -3.15. The molecule has 2 bridgehead atoms. The third kappa shape index (κ3) is 5.19. The Labute approximate surface area is 227 Å². The van der Waals surface area contributed by atoms with E-state index in [2.05, 4.69) is 4.98 Å². The van der Waals surface area contributed by atoms with E-state index in [1.54, 1.807) is 25.2 Å². The van der Waals surface area contributed by atoms with Gasteiger partial charge in [-0.05, 0) is 62.8 Å². The predicted molar refractivity (Wildman–Crippen MR) is 133 cm³/mol. The van der Waals surface area contributed by atoms with Gasteiger partial charge in [-0.15, -0.1) is 0 Å². The number of pyridine rings is 1. The normalized spacial score (nSPS) is 21.2. The van der Waals surface area contributed by atoms with Crippen molar-refractivity contribution in [3.05, 3.63) is 52.7 Å². The van der Waals surface area contributed by atoms with Crippen molar-refractivity contribution in [3.8, 4) is 6.07 Å². The molecular weight excluding hydrogens is 540 g/mol. The van der Waals surface area contributed by atoms with Crippen molar-refractivity contribution in [2.75, 3.05) is 23.9 Å². The highest BCUT2D eigenvalue weighted by Gasteiger charge is 2.53. The number of piperidine rings is 1. The van der Waals surface area contributed by atoms with E-state index in [1.165, 1.54) is 24.9 Å². The van der Waals surface area contributed by atoms with Gasteiger partial charge in [-0.3, -0.25) is 9.59 Å². The van der Waals surface area contributed by atoms with Crippen molar-refractivity contribution >= 4 is 23.3 Å². The number of amides is 2. The van der Waals surface area contributed by atoms with Crippen LogP contribution in [0.25, 0.3) is 0 Å². The zero-order valence-corrected chi connectivity index (χ0v) is 22.1. The fraction of sp³-hybridized carbons (Fsp3) is 0.481. The summed E-state index contributed by atoms with van der Waals surface area (Å²) < 4.78 is 82.2. The van der Waals surface area contributed by atoms with Gasteiger partial charge in [0.2, 0.25) is 11.8 Å². The summed E-state index contributed by atoms with van der Waals surface area (Å²) in [5.74, 6) is -2.30. The van der Waals surface area contributed by atoms with Gasteiger partial charge in [0, 0.05) is 25.8 Å². The molecule has 13 heteroatoms. The molecule has 1 aromatic heterocycles.